The van der Waals surface area contributed by atoms with Crippen LogP contribution >= 0.6 is 11.3 Å². The molecule has 0 bridgehead atoms. The van der Waals surface area contributed by atoms with Gasteiger partial charge in [-0.15, -0.1) is 11.3 Å². The number of benzene rings is 1. The molecule has 0 aliphatic carbocycles. The quantitative estimate of drug-likeness (QED) is 0.144. The zero-order valence-electron chi connectivity index (χ0n) is 16.5. The Bertz CT molecular complexity index is 1300. The summed E-state index contributed by atoms with van der Waals surface area (Å²) in [5.74, 6) is -4.11. The molecule has 4 rings (SSSR count). The fourth-order valence-corrected chi connectivity index (χ4v) is 4.82. The lowest BCUT2D eigenvalue weighted by Crippen LogP contribution is -2.77. The highest BCUT2D eigenvalue weighted by atomic mass is 32.2. The van der Waals surface area contributed by atoms with Gasteiger partial charge < -0.3 is 15.9 Å². The van der Waals surface area contributed by atoms with E-state index in [-0.39, 0.29) is 26.3 Å². The molecule has 1 fully saturated rings. The highest BCUT2D eigenvalue weighted by molar-refractivity contribution is 7.84. The van der Waals surface area contributed by atoms with Gasteiger partial charge >= 0.3 is 10.3 Å². The third-order valence-electron chi connectivity index (χ3n) is 4.81. The topological polar surface area (TPSA) is 202 Å². The minimum atomic E-state index is -5.18. The van der Waals surface area contributed by atoms with Crippen molar-refractivity contribution in [1.82, 2.24) is 19.5 Å². The minimum absolute atomic E-state index is 0.00698. The molecule has 2 aliphatic heterocycles. The number of aromatic nitrogens is 1. The molecule has 0 unspecified atom stereocenters. The van der Waals surface area contributed by atoms with Crippen LogP contribution < -0.4 is 11.1 Å². The van der Waals surface area contributed by atoms with Crippen LogP contribution in [0.25, 0.3) is 0 Å². The first-order valence-electron chi connectivity index (χ1n) is 8.97. The molecule has 172 valence electrons. The van der Waals surface area contributed by atoms with Crippen LogP contribution in [-0.4, -0.2) is 75.8 Å². The number of fused-ring (bicyclic) bond motifs is 1. The van der Waals surface area contributed by atoms with E-state index in [9.17, 15) is 32.1 Å². The van der Waals surface area contributed by atoms with E-state index in [1.807, 2.05) is 0 Å². The number of carbonyl (C=O) groups excluding carboxylic acids is 4. The zero-order valence-corrected chi connectivity index (χ0v) is 18.2. The average molecular weight is 494 g/mol. The summed E-state index contributed by atoms with van der Waals surface area (Å²) in [4.78, 5) is 60.0. The van der Waals surface area contributed by atoms with Gasteiger partial charge in [0, 0.05) is 5.38 Å². The molecule has 2 aliphatic rings. The van der Waals surface area contributed by atoms with Crippen molar-refractivity contribution < 1.29 is 37.0 Å². The van der Waals surface area contributed by atoms with Crippen LogP contribution in [0.2, 0.25) is 0 Å². The molecule has 14 nitrogen and oxygen atoms in total. The first-order valence-corrected chi connectivity index (χ1v) is 11.2. The molecule has 0 saturated carbocycles. The van der Waals surface area contributed by atoms with E-state index >= 15 is 0 Å². The largest absolute Gasteiger partial charge is 0.398 e. The van der Waals surface area contributed by atoms with Gasteiger partial charge in [0.05, 0.1) is 11.1 Å². The Morgan fingerprint density at radius 3 is 2.33 bits per heavy atom. The molecule has 1 aromatic heterocycles. The minimum Gasteiger partial charge on any atom is -0.398 e. The maximum Gasteiger partial charge on any atom is 0.364 e. The van der Waals surface area contributed by atoms with E-state index < -0.39 is 51.9 Å². The summed E-state index contributed by atoms with van der Waals surface area (Å²) >= 11 is 0.999. The molecule has 2 atom stereocenters. The first-order chi connectivity index (χ1) is 15.6. The number of nitrogens with one attached hydrogen (secondary N) is 1. The lowest BCUT2D eigenvalue weighted by atomic mass is 10.0. The van der Waals surface area contributed by atoms with E-state index in [4.69, 9.17) is 5.73 Å². The Hall–Kier alpha value is -3.89. The van der Waals surface area contributed by atoms with E-state index in [1.165, 1.54) is 29.6 Å². The molecule has 4 amide bonds. The summed E-state index contributed by atoms with van der Waals surface area (Å²) in [6, 6.07) is 3.97. The molecular formula is C17H14N6O8S2. The van der Waals surface area contributed by atoms with Gasteiger partial charge in [-0.2, -0.15) is 12.7 Å². The summed E-state index contributed by atoms with van der Waals surface area (Å²) in [5, 5.41) is 7.27. The van der Waals surface area contributed by atoms with Gasteiger partial charge in [0.15, 0.2) is 23.1 Å². The molecule has 33 heavy (non-hydrogen) atoms. The third-order valence-corrected chi connectivity index (χ3v) is 6.38. The normalized spacial score (nSPS) is 20.5. The van der Waals surface area contributed by atoms with E-state index in [0.717, 1.165) is 18.4 Å². The summed E-state index contributed by atoms with van der Waals surface area (Å²) in [7, 11) is -4.03. The Labute approximate surface area is 189 Å². The van der Waals surface area contributed by atoms with Crippen LogP contribution in [0.4, 0.5) is 5.13 Å². The molecular weight excluding hydrogens is 480 g/mol. The van der Waals surface area contributed by atoms with E-state index in [2.05, 4.69) is 20.3 Å². The molecule has 2 aromatic rings. The number of nitrogens with two attached hydrogens (primary N) is 1. The predicted molar refractivity (Wildman–Crippen MR) is 111 cm³/mol. The maximum absolute atomic E-state index is 12.8. The number of hydrogen-bond donors (Lipinski definition) is 3. The summed E-state index contributed by atoms with van der Waals surface area (Å²) < 4.78 is 33.0. The number of rotatable bonds is 6. The van der Waals surface area contributed by atoms with Gasteiger partial charge in [-0.1, -0.05) is 17.3 Å². The molecule has 0 radical (unpaired) electrons. The van der Waals surface area contributed by atoms with Gasteiger partial charge in [-0.3, -0.25) is 23.7 Å². The number of thiazole rings is 1. The van der Waals surface area contributed by atoms with Gasteiger partial charge in [-0.25, -0.2) is 9.88 Å². The number of hydrogen-bond acceptors (Lipinski definition) is 11. The van der Waals surface area contributed by atoms with Crippen molar-refractivity contribution in [2.75, 3.05) is 12.8 Å². The summed E-state index contributed by atoms with van der Waals surface area (Å²) in [5.41, 5.74) is 5.12. The fraction of sp³-hybridized carbons (Fsp3) is 0.176. The average Bonchev–Trinajstić information content (AvgIpc) is 3.29. The third kappa shape index (κ3) is 3.59. The Kier molecular flexibility index (Phi) is 5.35. The maximum atomic E-state index is 12.8. The van der Waals surface area contributed by atoms with Crippen molar-refractivity contribution in [3.8, 4) is 0 Å². The highest BCUT2D eigenvalue weighted by Gasteiger charge is 2.61. The molecule has 4 N–H and O–H groups in total. The van der Waals surface area contributed by atoms with Crippen LogP contribution in [0.15, 0.2) is 34.8 Å². The van der Waals surface area contributed by atoms with Gasteiger partial charge in [0.25, 0.3) is 23.6 Å². The first kappa shape index (κ1) is 22.3. The number of imide groups is 1. The van der Waals surface area contributed by atoms with Gasteiger partial charge in [0.2, 0.25) is 0 Å². The van der Waals surface area contributed by atoms with Crippen molar-refractivity contribution in [2.24, 2.45) is 5.16 Å². The second-order valence-corrected chi connectivity index (χ2v) is 8.87. The summed E-state index contributed by atoms with van der Waals surface area (Å²) in [6.07, 6.45) is -1.85. The van der Waals surface area contributed by atoms with Crippen LogP contribution in [0, 0.1) is 0 Å². The predicted octanol–water partition coefficient (Wildman–Crippen LogP) is -1.17. The monoisotopic (exact) mass is 494 g/mol. The van der Waals surface area contributed by atoms with E-state index in [0.29, 0.717) is 4.90 Å². The smallest absolute Gasteiger partial charge is 0.364 e. The number of β-lactam (4-membered cyclic amide) rings is 1. The fourth-order valence-electron chi connectivity index (χ4n) is 3.44. The lowest BCUT2D eigenvalue weighted by Gasteiger charge is -2.47. The van der Waals surface area contributed by atoms with Crippen LogP contribution in [-0.2, 0) is 24.7 Å². The SMILES string of the molecule is CO/N=C(\C(=O)N[C@@H]1C(=O)N(S(=O)(=O)O)[C@@H]1N1C(=O)c2ccccc2C1=O)c1csc(N)n1. The van der Waals surface area contributed by atoms with Gasteiger partial charge in [-0.05, 0) is 12.1 Å². The van der Waals surface area contributed by atoms with Crippen LogP contribution in [0.5, 0.6) is 0 Å². The highest BCUT2D eigenvalue weighted by Crippen LogP contribution is 2.33. The summed E-state index contributed by atoms with van der Waals surface area (Å²) in [6.45, 7) is 0. The molecule has 1 saturated heterocycles. The van der Waals surface area contributed by atoms with Crippen LogP contribution in [0.1, 0.15) is 26.4 Å². The molecule has 16 heteroatoms. The second-order valence-electron chi connectivity index (χ2n) is 6.70. The Morgan fingerprint density at radius 1 is 1.24 bits per heavy atom. The van der Waals surface area contributed by atoms with E-state index in [1.54, 1.807) is 0 Å². The molecule has 1 aromatic carbocycles. The Balaban J connectivity index is 1.68. The number of carbonyl (C=O) groups is 4. The van der Waals surface area contributed by atoms with Crippen molar-refractivity contribution in [2.45, 2.75) is 12.2 Å². The second kappa shape index (κ2) is 7.91. The van der Waals surface area contributed by atoms with Crippen molar-refractivity contribution in [1.29, 1.82) is 0 Å². The van der Waals surface area contributed by atoms with Crippen molar-refractivity contribution >= 4 is 56.1 Å². The van der Waals surface area contributed by atoms with Crippen LogP contribution in [0.3, 0.4) is 0 Å². The Morgan fingerprint density at radius 2 is 1.85 bits per heavy atom. The standard InChI is InChI=1S/C17H14N6O8S2/c1-31-21-10(9-6-32-17(18)19-9)12(24)20-11-13(23(16(11)27)33(28,29)30)22-14(25)7-4-2-3-5-8(7)15(22)26/h2-6,11,13H,1H3,(H2,18,19)(H,20,24)(H,28,29,30)/b21-10-/t11-,13-/m0/s1. The number of nitrogens with zero attached hydrogens (tertiary/aromatic N) is 4. The zero-order chi connectivity index (χ0) is 24.1. The molecule has 0 spiro atoms. The molecule has 3 heterocycles. The van der Waals surface area contributed by atoms with Crippen molar-refractivity contribution in [3.05, 3.63) is 46.5 Å². The lowest BCUT2D eigenvalue weighted by molar-refractivity contribution is -0.149. The number of anilines is 1. The van der Waals surface area contributed by atoms with Crippen molar-refractivity contribution in [3.63, 3.8) is 0 Å². The van der Waals surface area contributed by atoms with Gasteiger partial charge in [0.1, 0.15) is 12.8 Å². The number of amides is 4. The number of nitrogen functional groups attached to an aromatic ring is 1. The number of oxime groups is 1.